The predicted molar refractivity (Wildman–Crippen MR) is 99.0 cm³/mol. The Balaban J connectivity index is 1.83. The molecule has 2 aromatic carbocycles. The number of hydrogen-bond donors (Lipinski definition) is 5. The molecule has 1 fully saturated rings. The molecule has 0 aliphatic carbocycles. The molecule has 156 valence electrons. The minimum absolute atomic E-state index is 0.0959. The van der Waals surface area contributed by atoms with E-state index in [1.807, 2.05) is 0 Å². The molecule has 0 bridgehead atoms. The van der Waals surface area contributed by atoms with E-state index >= 15 is 0 Å². The first-order chi connectivity index (χ1) is 13.8. The van der Waals surface area contributed by atoms with Gasteiger partial charge in [-0.2, -0.15) is 0 Å². The Hall–Kier alpha value is -2.56. The summed E-state index contributed by atoms with van der Waals surface area (Å²) in [5.41, 5.74) is 0.349. The molecule has 1 aliphatic heterocycles. The van der Waals surface area contributed by atoms with Gasteiger partial charge in [0.05, 0.1) is 6.61 Å². The average Bonchev–Trinajstić information content (AvgIpc) is 2.74. The van der Waals surface area contributed by atoms with Crippen molar-refractivity contribution in [2.24, 2.45) is 0 Å². The highest BCUT2D eigenvalue weighted by Crippen LogP contribution is 2.36. The van der Waals surface area contributed by atoms with E-state index in [0.717, 1.165) is 6.07 Å². The van der Waals surface area contributed by atoms with Crippen molar-refractivity contribution in [1.82, 2.24) is 5.32 Å². The third kappa shape index (κ3) is 4.39. The van der Waals surface area contributed by atoms with Crippen LogP contribution in [-0.4, -0.2) is 64.4 Å². The lowest BCUT2D eigenvalue weighted by Crippen LogP contribution is -2.55. The summed E-state index contributed by atoms with van der Waals surface area (Å²) in [7, 11) is 1.52. The molecular weight excluding hydrogens is 385 g/mol. The maximum absolute atomic E-state index is 14.4. The number of ether oxygens (including phenoxy) is 2. The lowest BCUT2D eigenvalue weighted by molar-refractivity contribution is -0.232. The summed E-state index contributed by atoms with van der Waals surface area (Å²) < 4.78 is 25.5. The minimum atomic E-state index is -1.62. The molecule has 8 nitrogen and oxygen atoms in total. The number of carbonyl (C=O) groups excluding carboxylic acids is 1. The van der Waals surface area contributed by atoms with Crippen molar-refractivity contribution in [3.05, 3.63) is 59.4 Å². The first-order valence-corrected chi connectivity index (χ1v) is 8.95. The molecular formula is C20H22FNO7. The van der Waals surface area contributed by atoms with Crippen LogP contribution in [0.25, 0.3) is 0 Å². The van der Waals surface area contributed by atoms with Crippen molar-refractivity contribution in [3.63, 3.8) is 0 Å². The van der Waals surface area contributed by atoms with E-state index in [9.17, 15) is 29.6 Å². The number of hydrogen-bond acceptors (Lipinski definition) is 7. The fraction of sp³-hybridized carbons (Fsp3) is 0.350. The van der Waals surface area contributed by atoms with E-state index in [1.165, 1.54) is 19.2 Å². The van der Waals surface area contributed by atoms with Gasteiger partial charge < -0.3 is 35.2 Å². The van der Waals surface area contributed by atoms with Crippen LogP contribution in [-0.2, 0) is 4.74 Å². The fourth-order valence-corrected chi connectivity index (χ4v) is 3.12. The Labute approximate surface area is 166 Å². The number of carbonyl (C=O) groups is 1. The number of aliphatic hydroxyl groups is 4. The molecule has 1 heterocycles. The van der Waals surface area contributed by atoms with Gasteiger partial charge in [0.25, 0.3) is 5.91 Å². The molecule has 9 heteroatoms. The third-order valence-corrected chi connectivity index (χ3v) is 4.75. The maximum Gasteiger partial charge on any atom is 0.251 e. The second kappa shape index (κ2) is 8.85. The van der Waals surface area contributed by atoms with Gasteiger partial charge in [-0.1, -0.05) is 0 Å². The quantitative estimate of drug-likeness (QED) is 0.488. The monoisotopic (exact) mass is 407 g/mol. The van der Waals surface area contributed by atoms with Crippen molar-refractivity contribution in [1.29, 1.82) is 0 Å². The van der Waals surface area contributed by atoms with Gasteiger partial charge in [-0.05, 0) is 42.5 Å². The summed E-state index contributed by atoms with van der Waals surface area (Å²) in [6.07, 6.45) is -7.23. The standard InChI is InChI=1S/C20H22FNO7/c1-22-20(27)10-2-4-11(5-3-10)28-12-6-7-14(21)13(8-12)19-18(26)17(25)16(24)15(9-23)29-19/h2-8,15-19,23-26H,9H2,1H3,(H,22,27)/t15-,16-,17+,18+,19-/m1/s1. The molecule has 0 unspecified atom stereocenters. The molecule has 1 amide bonds. The Morgan fingerprint density at radius 3 is 2.34 bits per heavy atom. The zero-order valence-electron chi connectivity index (χ0n) is 15.5. The number of rotatable bonds is 5. The predicted octanol–water partition coefficient (Wildman–Crippen LogP) is 0.492. The topological polar surface area (TPSA) is 128 Å². The summed E-state index contributed by atoms with van der Waals surface area (Å²) in [6, 6.07) is 10.1. The van der Waals surface area contributed by atoms with Crippen molar-refractivity contribution < 1.29 is 39.1 Å². The van der Waals surface area contributed by atoms with Gasteiger partial charge in [0, 0.05) is 18.2 Å². The van der Waals surface area contributed by atoms with Crippen LogP contribution < -0.4 is 10.1 Å². The van der Waals surface area contributed by atoms with Gasteiger partial charge in [-0.15, -0.1) is 0 Å². The van der Waals surface area contributed by atoms with Crippen molar-refractivity contribution in [3.8, 4) is 11.5 Å². The number of amides is 1. The van der Waals surface area contributed by atoms with Crippen molar-refractivity contribution >= 4 is 5.91 Å². The van der Waals surface area contributed by atoms with Gasteiger partial charge in [-0.25, -0.2) is 4.39 Å². The van der Waals surface area contributed by atoms with Crippen LogP contribution in [0.2, 0.25) is 0 Å². The highest BCUT2D eigenvalue weighted by atomic mass is 19.1. The summed E-state index contributed by atoms with van der Waals surface area (Å²) in [6.45, 7) is -0.614. The van der Waals surface area contributed by atoms with Gasteiger partial charge in [0.2, 0.25) is 0 Å². The first-order valence-electron chi connectivity index (χ1n) is 8.95. The van der Waals surface area contributed by atoms with E-state index < -0.39 is 42.9 Å². The molecule has 2 aromatic rings. The summed E-state index contributed by atoms with van der Waals surface area (Å²) in [5, 5.41) is 41.8. The van der Waals surface area contributed by atoms with Gasteiger partial charge in [-0.3, -0.25) is 4.79 Å². The molecule has 0 radical (unpaired) electrons. The third-order valence-electron chi connectivity index (χ3n) is 4.75. The minimum Gasteiger partial charge on any atom is -0.457 e. The van der Waals surface area contributed by atoms with E-state index in [-0.39, 0.29) is 17.2 Å². The molecule has 29 heavy (non-hydrogen) atoms. The second-order valence-electron chi connectivity index (χ2n) is 6.64. The highest BCUT2D eigenvalue weighted by Gasteiger charge is 2.44. The average molecular weight is 407 g/mol. The molecule has 1 saturated heterocycles. The lowest BCUT2D eigenvalue weighted by Gasteiger charge is -2.40. The van der Waals surface area contributed by atoms with E-state index in [0.29, 0.717) is 11.3 Å². The molecule has 0 spiro atoms. The summed E-state index contributed by atoms with van der Waals surface area (Å²) in [4.78, 5) is 11.6. The fourth-order valence-electron chi connectivity index (χ4n) is 3.12. The van der Waals surface area contributed by atoms with E-state index in [2.05, 4.69) is 5.32 Å². The lowest BCUT2D eigenvalue weighted by atomic mass is 9.91. The molecule has 0 saturated carbocycles. The SMILES string of the molecule is CNC(=O)c1ccc(Oc2ccc(F)c([C@H]3O[C@H](CO)[C@@H](O)[C@H](O)[C@@H]3O)c2)cc1. The zero-order chi connectivity index (χ0) is 21.1. The van der Waals surface area contributed by atoms with E-state index in [1.54, 1.807) is 24.3 Å². The molecule has 1 aliphatic rings. The van der Waals surface area contributed by atoms with Crippen LogP contribution >= 0.6 is 0 Å². The zero-order valence-corrected chi connectivity index (χ0v) is 15.5. The molecule has 5 N–H and O–H groups in total. The Morgan fingerprint density at radius 1 is 1.07 bits per heavy atom. The van der Waals surface area contributed by atoms with Crippen LogP contribution in [0.3, 0.4) is 0 Å². The highest BCUT2D eigenvalue weighted by molar-refractivity contribution is 5.94. The summed E-state index contributed by atoms with van der Waals surface area (Å²) >= 11 is 0. The first kappa shape index (κ1) is 21.2. The normalized spacial score (nSPS) is 26.8. The van der Waals surface area contributed by atoms with Gasteiger partial charge in [0.15, 0.2) is 0 Å². The van der Waals surface area contributed by atoms with Crippen LogP contribution in [0.1, 0.15) is 22.0 Å². The second-order valence-corrected chi connectivity index (χ2v) is 6.64. The summed E-state index contributed by atoms with van der Waals surface area (Å²) in [5.74, 6) is -0.338. The van der Waals surface area contributed by atoms with Gasteiger partial charge in [0.1, 0.15) is 47.8 Å². The van der Waals surface area contributed by atoms with E-state index in [4.69, 9.17) is 9.47 Å². The number of aliphatic hydroxyl groups excluding tert-OH is 4. The van der Waals surface area contributed by atoms with Crippen LogP contribution in [0, 0.1) is 5.82 Å². The van der Waals surface area contributed by atoms with Gasteiger partial charge >= 0.3 is 0 Å². The Bertz CT molecular complexity index is 858. The van der Waals surface area contributed by atoms with Crippen LogP contribution in [0.4, 0.5) is 4.39 Å². The molecule has 3 rings (SSSR count). The number of halogens is 1. The number of benzene rings is 2. The van der Waals surface area contributed by atoms with Crippen LogP contribution in [0.5, 0.6) is 11.5 Å². The Kier molecular flexibility index (Phi) is 6.46. The smallest absolute Gasteiger partial charge is 0.251 e. The van der Waals surface area contributed by atoms with Crippen molar-refractivity contribution in [2.45, 2.75) is 30.5 Å². The molecule has 5 atom stereocenters. The molecule has 0 aromatic heterocycles. The van der Waals surface area contributed by atoms with Crippen molar-refractivity contribution in [2.75, 3.05) is 13.7 Å². The largest absolute Gasteiger partial charge is 0.457 e. The van der Waals surface area contributed by atoms with Crippen LogP contribution in [0.15, 0.2) is 42.5 Å². The number of nitrogens with one attached hydrogen (secondary N) is 1. The Morgan fingerprint density at radius 2 is 1.72 bits per heavy atom. The maximum atomic E-state index is 14.4.